The zero-order chi connectivity index (χ0) is 13.4. The summed E-state index contributed by atoms with van der Waals surface area (Å²) in [5.74, 6) is 0.878. The minimum absolute atomic E-state index is 0.639. The van der Waals surface area contributed by atoms with Crippen LogP contribution in [0.1, 0.15) is 46.5 Å². The van der Waals surface area contributed by atoms with Gasteiger partial charge in [-0.15, -0.1) is 0 Å². The third-order valence-electron chi connectivity index (χ3n) is 4.62. The van der Waals surface area contributed by atoms with Crippen molar-refractivity contribution in [1.29, 1.82) is 0 Å². The van der Waals surface area contributed by atoms with Gasteiger partial charge in [0.2, 0.25) is 0 Å². The molecule has 0 aromatic rings. The Balaban J connectivity index is 2.30. The van der Waals surface area contributed by atoms with Crippen LogP contribution in [0.2, 0.25) is 0 Å². The third kappa shape index (κ3) is 4.52. The second-order valence-corrected chi connectivity index (χ2v) is 5.50. The molecule has 0 radical (unpaired) electrons. The summed E-state index contributed by atoms with van der Waals surface area (Å²) in [6.45, 7) is 13.5. The van der Waals surface area contributed by atoms with E-state index in [0.29, 0.717) is 6.04 Å². The molecule has 0 amide bonds. The lowest BCUT2D eigenvalue weighted by Crippen LogP contribution is -2.48. The van der Waals surface area contributed by atoms with Crippen LogP contribution in [0.3, 0.4) is 0 Å². The van der Waals surface area contributed by atoms with Gasteiger partial charge in [-0.2, -0.15) is 0 Å². The fourth-order valence-corrected chi connectivity index (χ4v) is 3.06. The maximum atomic E-state index is 5.99. The largest absolute Gasteiger partial charge is 0.329 e. The number of hydrogen-bond acceptors (Lipinski definition) is 3. The second kappa shape index (κ2) is 8.89. The SMILES string of the molecule is CCN(CC)CCCN(CC)C(CN)C1CCC1. The molecule has 0 heterocycles. The lowest BCUT2D eigenvalue weighted by atomic mass is 9.79. The van der Waals surface area contributed by atoms with E-state index in [0.717, 1.165) is 19.0 Å². The molecule has 18 heavy (non-hydrogen) atoms. The summed E-state index contributed by atoms with van der Waals surface area (Å²) in [5.41, 5.74) is 5.99. The monoisotopic (exact) mass is 255 g/mol. The van der Waals surface area contributed by atoms with Crippen molar-refractivity contribution < 1.29 is 0 Å². The van der Waals surface area contributed by atoms with Crippen LogP contribution < -0.4 is 5.73 Å². The number of likely N-dealkylation sites (N-methyl/N-ethyl adjacent to an activating group) is 1. The van der Waals surface area contributed by atoms with E-state index in [4.69, 9.17) is 5.73 Å². The minimum Gasteiger partial charge on any atom is -0.329 e. The highest BCUT2D eigenvalue weighted by atomic mass is 15.2. The summed E-state index contributed by atoms with van der Waals surface area (Å²) in [4.78, 5) is 5.13. The van der Waals surface area contributed by atoms with Gasteiger partial charge in [0.05, 0.1) is 0 Å². The van der Waals surface area contributed by atoms with Gasteiger partial charge in [0.25, 0.3) is 0 Å². The molecule has 0 aromatic heterocycles. The highest BCUT2D eigenvalue weighted by Crippen LogP contribution is 2.31. The van der Waals surface area contributed by atoms with E-state index in [-0.39, 0.29) is 0 Å². The van der Waals surface area contributed by atoms with Crippen molar-refractivity contribution in [1.82, 2.24) is 9.80 Å². The van der Waals surface area contributed by atoms with Crippen molar-refractivity contribution >= 4 is 0 Å². The van der Waals surface area contributed by atoms with Crippen LogP contribution in [0.15, 0.2) is 0 Å². The molecule has 0 saturated heterocycles. The van der Waals surface area contributed by atoms with Crippen LogP contribution >= 0.6 is 0 Å². The maximum absolute atomic E-state index is 5.99. The van der Waals surface area contributed by atoms with E-state index in [1.54, 1.807) is 0 Å². The Morgan fingerprint density at radius 3 is 2.11 bits per heavy atom. The Kier molecular flexibility index (Phi) is 7.87. The van der Waals surface area contributed by atoms with Gasteiger partial charge in [-0.25, -0.2) is 0 Å². The standard InChI is InChI=1S/C15H33N3/c1-4-17(5-2)11-8-12-18(6-3)15(13-16)14-9-7-10-14/h14-15H,4-13,16H2,1-3H3. The van der Waals surface area contributed by atoms with Crippen LogP contribution in [-0.4, -0.2) is 55.1 Å². The number of hydrogen-bond donors (Lipinski definition) is 1. The van der Waals surface area contributed by atoms with Crippen molar-refractivity contribution in [3.05, 3.63) is 0 Å². The van der Waals surface area contributed by atoms with E-state index in [1.807, 2.05) is 0 Å². The molecule has 108 valence electrons. The Morgan fingerprint density at radius 1 is 1.06 bits per heavy atom. The zero-order valence-electron chi connectivity index (χ0n) is 12.7. The van der Waals surface area contributed by atoms with Crippen LogP contribution in [-0.2, 0) is 0 Å². The van der Waals surface area contributed by atoms with Crippen LogP contribution in [0.5, 0.6) is 0 Å². The van der Waals surface area contributed by atoms with Gasteiger partial charge >= 0.3 is 0 Å². The van der Waals surface area contributed by atoms with Crippen LogP contribution in [0.25, 0.3) is 0 Å². The summed E-state index contributed by atoms with van der Waals surface area (Å²) in [5, 5.41) is 0. The van der Waals surface area contributed by atoms with Gasteiger partial charge in [-0.05, 0) is 57.9 Å². The van der Waals surface area contributed by atoms with E-state index >= 15 is 0 Å². The molecule has 1 saturated carbocycles. The van der Waals surface area contributed by atoms with Crippen LogP contribution in [0, 0.1) is 5.92 Å². The van der Waals surface area contributed by atoms with Gasteiger partial charge in [0, 0.05) is 12.6 Å². The van der Waals surface area contributed by atoms with E-state index in [1.165, 1.54) is 51.9 Å². The molecule has 1 rings (SSSR count). The normalized spacial score (nSPS) is 18.3. The first-order chi connectivity index (χ1) is 8.76. The summed E-state index contributed by atoms with van der Waals surface area (Å²) in [6, 6.07) is 0.639. The third-order valence-corrected chi connectivity index (χ3v) is 4.62. The Hall–Kier alpha value is -0.120. The molecule has 1 fully saturated rings. The second-order valence-electron chi connectivity index (χ2n) is 5.50. The van der Waals surface area contributed by atoms with Crippen molar-refractivity contribution in [3.63, 3.8) is 0 Å². The molecule has 0 spiro atoms. The van der Waals surface area contributed by atoms with Gasteiger partial charge in [-0.1, -0.05) is 27.2 Å². The molecule has 1 aliphatic rings. The van der Waals surface area contributed by atoms with Crippen molar-refractivity contribution in [2.24, 2.45) is 11.7 Å². The van der Waals surface area contributed by atoms with Crippen LogP contribution in [0.4, 0.5) is 0 Å². The highest BCUT2D eigenvalue weighted by Gasteiger charge is 2.29. The molecule has 0 aliphatic heterocycles. The molecule has 3 heteroatoms. The quantitative estimate of drug-likeness (QED) is 0.649. The fraction of sp³-hybridized carbons (Fsp3) is 1.00. The first kappa shape index (κ1) is 15.9. The first-order valence-corrected chi connectivity index (χ1v) is 7.93. The Bertz CT molecular complexity index is 200. The van der Waals surface area contributed by atoms with Crippen molar-refractivity contribution in [3.8, 4) is 0 Å². The van der Waals surface area contributed by atoms with Gasteiger partial charge < -0.3 is 10.6 Å². The minimum atomic E-state index is 0.639. The van der Waals surface area contributed by atoms with Gasteiger partial charge in [0.15, 0.2) is 0 Å². The smallest absolute Gasteiger partial charge is 0.0246 e. The van der Waals surface area contributed by atoms with E-state index < -0.39 is 0 Å². The maximum Gasteiger partial charge on any atom is 0.0246 e. The molecular formula is C15H33N3. The summed E-state index contributed by atoms with van der Waals surface area (Å²) in [6.07, 6.45) is 5.49. The average Bonchev–Trinajstić information content (AvgIpc) is 2.35. The van der Waals surface area contributed by atoms with Crippen molar-refractivity contribution in [2.45, 2.75) is 52.5 Å². The average molecular weight is 255 g/mol. The Morgan fingerprint density at radius 2 is 1.72 bits per heavy atom. The summed E-state index contributed by atoms with van der Waals surface area (Å²) in [7, 11) is 0. The Labute approximate surface area is 114 Å². The summed E-state index contributed by atoms with van der Waals surface area (Å²) < 4.78 is 0. The predicted molar refractivity (Wildman–Crippen MR) is 79.8 cm³/mol. The predicted octanol–water partition coefficient (Wildman–Crippen LogP) is 2.17. The highest BCUT2D eigenvalue weighted by molar-refractivity contribution is 4.85. The molecule has 3 nitrogen and oxygen atoms in total. The molecule has 1 unspecified atom stereocenters. The molecule has 0 bridgehead atoms. The van der Waals surface area contributed by atoms with E-state index in [9.17, 15) is 0 Å². The molecule has 1 aliphatic carbocycles. The van der Waals surface area contributed by atoms with E-state index in [2.05, 4.69) is 30.6 Å². The number of nitrogens with two attached hydrogens (primary N) is 1. The number of nitrogens with zero attached hydrogens (tertiary/aromatic N) is 2. The lowest BCUT2D eigenvalue weighted by Gasteiger charge is -2.40. The molecule has 0 aromatic carbocycles. The molecule has 1 atom stereocenters. The zero-order valence-corrected chi connectivity index (χ0v) is 12.7. The first-order valence-electron chi connectivity index (χ1n) is 7.93. The molecule has 2 N–H and O–H groups in total. The summed E-state index contributed by atoms with van der Waals surface area (Å²) >= 11 is 0. The topological polar surface area (TPSA) is 32.5 Å². The van der Waals surface area contributed by atoms with Gasteiger partial charge in [0.1, 0.15) is 0 Å². The van der Waals surface area contributed by atoms with Gasteiger partial charge in [-0.3, -0.25) is 4.90 Å². The fourth-order valence-electron chi connectivity index (χ4n) is 3.06. The lowest BCUT2D eigenvalue weighted by molar-refractivity contribution is 0.100. The molecular weight excluding hydrogens is 222 g/mol. The number of rotatable bonds is 10. The van der Waals surface area contributed by atoms with Crippen molar-refractivity contribution in [2.75, 3.05) is 39.3 Å².